The summed E-state index contributed by atoms with van der Waals surface area (Å²) in [6.45, 7) is 6.53. The molecule has 0 aliphatic heterocycles. The minimum atomic E-state index is -0.178. The number of nitrogens with zero attached hydrogens (tertiary/aromatic N) is 2. The van der Waals surface area contributed by atoms with Gasteiger partial charge in [-0.3, -0.25) is 0 Å². The summed E-state index contributed by atoms with van der Waals surface area (Å²) in [7, 11) is 0. The molecule has 1 N–H and O–H groups in total. The lowest BCUT2D eigenvalue weighted by Crippen LogP contribution is -2.22. The van der Waals surface area contributed by atoms with E-state index in [2.05, 4.69) is 17.2 Å². The van der Waals surface area contributed by atoms with Gasteiger partial charge in [0.25, 0.3) is 0 Å². The third-order valence-corrected chi connectivity index (χ3v) is 3.94. The molecule has 0 atom stereocenters. The zero-order valence-electron chi connectivity index (χ0n) is 11.9. The maximum atomic E-state index is 13.8. The standard InChI is InChI=1S/C15H20FN3S/c1-3-9-17-15-18-10-12(20-15)11-19(4-2)14-8-6-5-7-13(14)16/h5-8,10H,3-4,9,11H2,1-2H3,(H,17,18). The molecule has 108 valence electrons. The molecule has 0 spiro atoms. The Balaban J connectivity index is 2.07. The van der Waals surface area contributed by atoms with E-state index >= 15 is 0 Å². The Bertz CT molecular complexity index is 541. The molecule has 0 amide bonds. The van der Waals surface area contributed by atoms with E-state index in [9.17, 15) is 4.39 Å². The highest BCUT2D eigenvalue weighted by Crippen LogP contribution is 2.24. The normalized spacial score (nSPS) is 10.6. The van der Waals surface area contributed by atoms with Crippen molar-refractivity contribution in [2.24, 2.45) is 0 Å². The third kappa shape index (κ3) is 3.70. The van der Waals surface area contributed by atoms with Crippen molar-refractivity contribution in [2.75, 3.05) is 23.3 Å². The number of halogens is 1. The van der Waals surface area contributed by atoms with E-state index in [0.29, 0.717) is 12.2 Å². The molecule has 2 rings (SSSR count). The monoisotopic (exact) mass is 293 g/mol. The highest BCUT2D eigenvalue weighted by molar-refractivity contribution is 7.15. The second-order valence-electron chi connectivity index (χ2n) is 4.52. The van der Waals surface area contributed by atoms with Crippen LogP contribution in [0, 0.1) is 5.82 Å². The summed E-state index contributed by atoms with van der Waals surface area (Å²) in [5, 5.41) is 4.21. The minimum absolute atomic E-state index is 0.178. The second-order valence-corrected chi connectivity index (χ2v) is 5.64. The Morgan fingerprint density at radius 2 is 2.10 bits per heavy atom. The summed E-state index contributed by atoms with van der Waals surface area (Å²) in [5.41, 5.74) is 0.645. The molecule has 1 heterocycles. The maximum absolute atomic E-state index is 13.8. The van der Waals surface area contributed by atoms with Crippen molar-refractivity contribution in [1.82, 2.24) is 4.98 Å². The molecule has 3 nitrogen and oxygen atoms in total. The largest absolute Gasteiger partial charge is 0.364 e. The van der Waals surface area contributed by atoms with Gasteiger partial charge in [-0.2, -0.15) is 0 Å². The summed E-state index contributed by atoms with van der Waals surface area (Å²) in [6, 6.07) is 6.89. The number of aromatic nitrogens is 1. The number of anilines is 2. The number of thiazole rings is 1. The maximum Gasteiger partial charge on any atom is 0.182 e. The lowest BCUT2D eigenvalue weighted by atomic mass is 10.2. The zero-order valence-corrected chi connectivity index (χ0v) is 12.7. The van der Waals surface area contributed by atoms with Crippen molar-refractivity contribution in [2.45, 2.75) is 26.8 Å². The van der Waals surface area contributed by atoms with Gasteiger partial charge in [-0.05, 0) is 25.5 Å². The Morgan fingerprint density at radius 3 is 2.80 bits per heavy atom. The molecule has 1 aromatic carbocycles. The van der Waals surface area contributed by atoms with Gasteiger partial charge < -0.3 is 10.2 Å². The lowest BCUT2D eigenvalue weighted by molar-refractivity contribution is 0.618. The summed E-state index contributed by atoms with van der Waals surface area (Å²) in [6.07, 6.45) is 2.94. The molecule has 0 bridgehead atoms. The number of para-hydroxylation sites is 1. The van der Waals surface area contributed by atoms with Crippen LogP contribution >= 0.6 is 11.3 Å². The van der Waals surface area contributed by atoms with Crippen LogP contribution in [0.15, 0.2) is 30.5 Å². The van der Waals surface area contributed by atoms with Crippen LogP contribution in [0.4, 0.5) is 15.2 Å². The van der Waals surface area contributed by atoms with Crippen LogP contribution in [0.25, 0.3) is 0 Å². The van der Waals surface area contributed by atoms with Gasteiger partial charge in [0.1, 0.15) is 5.82 Å². The average molecular weight is 293 g/mol. The predicted octanol–water partition coefficient (Wildman–Crippen LogP) is 4.13. The molecule has 0 radical (unpaired) electrons. The van der Waals surface area contributed by atoms with E-state index in [1.54, 1.807) is 17.4 Å². The number of hydrogen-bond acceptors (Lipinski definition) is 4. The van der Waals surface area contributed by atoms with Gasteiger partial charge in [0.2, 0.25) is 0 Å². The topological polar surface area (TPSA) is 28.2 Å². The van der Waals surface area contributed by atoms with E-state index in [4.69, 9.17) is 0 Å². The Labute approximate surface area is 123 Å². The quantitative estimate of drug-likeness (QED) is 0.832. The van der Waals surface area contributed by atoms with Crippen LogP contribution in [0.3, 0.4) is 0 Å². The number of nitrogens with one attached hydrogen (secondary N) is 1. The van der Waals surface area contributed by atoms with Crippen molar-refractivity contribution in [3.8, 4) is 0 Å². The van der Waals surface area contributed by atoms with Gasteiger partial charge >= 0.3 is 0 Å². The molecular formula is C15H20FN3S. The molecule has 0 fully saturated rings. The van der Waals surface area contributed by atoms with E-state index in [0.717, 1.165) is 29.5 Å². The van der Waals surface area contributed by atoms with Gasteiger partial charge in [-0.25, -0.2) is 9.37 Å². The number of rotatable bonds is 7. The van der Waals surface area contributed by atoms with Gasteiger partial charge in [0.15, 0.2) is 5.13 Å². The molecular weight excluding hydrogens is 273 g/mol. The van der Waals surface area contributed by atoms with Crippen molar-refractivity contribution in [1.29, 1.82) is 0 Å². The summed E-state index contributed by atoms with van der Waals surface area (Å²) in [5.74, 6) is -0.178. The Morgan fingerprint density at radius 1 is 1.30 bits per heavy atom. The van der Waals surface area contributed by atoms with E-state index < -0.39 is 0 Å². The molecule has 2 aromatic rings. The molecule has 20 heavy (non-hydrogen) atoms. The van der Waals surface area contributed by atoms with Crippen LogP contribution in [-0.2, 0) is 6.54 Å². The highest BCUT2D eigenvalue weighted by Gasteiger charge is 2.11. The minimum Gasteiger partial charge on any atom is -0.364 e. The van der Waals surface area contributed by atoms with Crippen molar-refractivity contribution in [3.63, 3.8) is 0 Å². The lowest BCUT2D eigenvalue weighted by Gasteiger charge is -2.22. The number of hydrogen-bond donors (Lipinski definition) is 1. The van der Waals surface area contributed by atoms with Crippen LogP contribution < -0.4 is 10.2 Å². The van der Waals surface area contributed by atoms with E-state index in [-0.39, 0.29) is 5.82 Å². The first kappa shape index (κ1) is 14.8. The van der Waals surface area contributed by atoms with Gasteiger partial charge in [-0.15, -0.1) is 11.3 Å². The first-order chi connectivity index (χ1) is 9.74. The Kier molecular flexibility index (Phi) is 5.35. The van der Waals surface area contributed by atoms with E-state index in [1.165, 1.54) is 6.07 Å². The second kappa shape index (κ2) is 7.24. The summed E-state index contributed by atoms with van der Waals surface area (Å²) < 4.78 is 13.8. The first-order valence-electron chi connectivity index (χ1n) is 6.92. The highest BCUT2D eigenvalue weighted by atomic mass is 32.1. The fourth-order valence-electron chi connectivity index (χ4n) is 1.96. The first-order valence-corrected chi connectivity index (χ1v) is 7.74. The molecule has 0 saturated carbocycles. The van der Waals surface area contributed by atoms with Crippen LogP contribution in [0.5, 0.6) is 0 Å². The third-order valence-electron chi connectivity index (χ3n) is 3.00. The fourth-order valence-corrected chi connectivity index (χ4v) is 2.81. The van der Waals surface area contributed by atoms with Crippen LogP contribution in [-0.4, -0.2) is 18.1 Å². The smallest absolute Gasteiger partial charge is 0.182 e. The van der Waals surface area contributed by atoms with Crippen LogP contribution in [0.2, 0.25) is 0 Å². The van der Waals surface area contributed by atoms with Crippen molar-refractivity contribution >= 4 is 22.2 Å². The van der Waals surface area contributed by atoms with E-state index in [1.807, 2.05) is 30.2 Å². The molecule has 1 aromatic heterocycles. The average Bonchev–Trinajstić information content (AvgIpc) is 2.91. The Hall–Kier alpha value is -1.62. The summed E-state index contributed by atoms with van der Waals surface area (Å²) >= 11 is 1.63. The SMILES string of the molecule is CCCNc1ncc(CN(CC)c2ccccc2F)s1. The van der Waals surface area contributed by atoms with Crippen molar-refractivity contribution in [3.05, 3.63) is 41.2 Å². The predicted molar refractivity (Wildman–Crippen MR) is 84.0 cm³/mol. The molecule has 5 heteroatoms. The van der Waals surface area contributed by atoms with Gasteiger partial charge in [0.05, 0.1) is 12.2 Å². The van der Waals surface area contributed by atoms with Gasteiger partial charge in [0, 0.05) is 24.2 Å². The van der Waals surface area contributed by atoms with Gasteiger partial charge in [-0.1, -0.05) is 19.1 Å². The molecule has 0 saturated heterocycles. The number of benzene rings is 1. The van der Waals surface area contributed by atoms with Crippen molar-refractivity contribution < 1.29 is 4.39 Å². The fraction of sp³-hybridized carbons (Fsp3) is 0.400. The molecule has 0 aliphatic rings. The summed E-state index contributed by atoms with van der Waals surface area (Å²) in [4.78, 5) is 7.50. The molecule has 0 aliphatic carbocycles. The van der Waals surface area contributed by atoms with Crippen LogP contribution in [0.1, 0.15) is 25.1 Å². The molecule has 0 unspecified atom stereocenters. The zero-order chi connectivity index (χ0) is 14.4.